The van der Waals surface area contributed by atoms with Crippen molar-refractivity contribution in [3.05, 3.63) is 20.9 Å². The maximum Gasteiger partial charge on any atom is 0.168 e. The largest absolute Gasteiger partial charge is 0.392 e. The lowest BCUT2D eigenvalue weighted by Gasteiger charge is -2.35. The molecule has 0 aromatic carbocycles. The second-order valence-corrected chi connectivity index (χ2v) is 2.90. The molecule has 15 heavy (non-hydrogen) atoms. The number of rotatable bonds is 3. The smallest absolute Gasteiger partial charge is 0.168 e. The summed E-state index contributed by atoms with van der Waals surface area (Å²) in [4.78, 5) is 5.14. The Labute approximate surface area is 84.8 Å². The third-order valence-electron chi connectivity index (χ3n) is 2.07. The quantitative estimate of drug-likeness (QED) is 0.420. The number of aliphatic hydroxyl groups excluding tert-OH is 1. The van der Waals surface area contributed by atoms with Crippen LogP contribution in [-0.4, -0.2) is 43.3 Å². The van der Waals surface area contributed by atoms with Gasteiger partial charge in [-0.2, -0.15) is 0 Å². The van der Waals surface area contributed by atoms with Crippen molar-refractivity contribution in [1.29, 1.82) is 0 Å². The summed E-state index contributed by atoms with van der Waals surface area (Å²) < 4.78 is 9.99. The van der Waals surface area contributed by atoms with Crippen LogP contribution >= 0.6 is 0 Å². The van der Waals surface area contributed by atoms with Crippen LogP contribution in [0.15, 0.2) is 10.2 Å². The van der Waals surface area contributed by atoms with Crippen molar-refractivity contribution in [3.63, 3.8) is 0 Å². The lowest BCUT2D eigenvalue weighted by Crippen LogP contribution is -2.51. The van der Waals surface area contributed by atoms with Gasteiger partial charge >= 0.3 is 0 Å². The van der Waals surface area contributed by atoms with Crippen LogP contribution in [0.2, 0.25) is 0 Å². The molecule has 0 aliphatic carbocycles. The first-order chi connectivity index (χ1) is 7.24. The Hall–Kier alpha value is -1.50. The molecule has 4 atom stereocenters. The van der Waals surface area contributed by atoms with Gasteiger partial charge < -0.3 is 14.6 Å². The molecule has 0 aromatic rings. The van der Waals surface area contributed by atoms with Gasteiger partial charge in [0.1, 0.15) is 6.04 Å². The fourth-order valence-corrected chi connectivity index (χ4v) is 1.34. The van der Waals surface area contributed by atoms with Crippen molar-refractivity contribution in [2.24, 2.45) is 10.2 Å². The number of aliphatic hydroxyl groups is 1. The topological polar surface area (TPSA) is 136 Å². The number of nitrogens with zero attached hydrogens (tertiary/aromatic N) is 6. The summed E-state index contributed by atoms with van der Waals surface area (Å²) in [7, 11) is 1.37. The van der Waals surface area contributed by atoms with E-state index in [2.05, 4.69) is 20.1 Å². The number of azide groups is 2. The summed E-state index contributed by atoms with van der Waals surface area (Å²) >= 11 is 0. The highest BCUT2D eigenvalue weighted by atomic mass is 16.7. The molecular weight excluding hydrogens is 204 g/mol. The van der Waals surface area contributed by atoms with Crippen LogP contribution in [0.25, 0.3) is 20.9 Å². The molecule has 0 bridgehead atoms. The van der Waals surface area contributed by atoms with Gasteiger partial charge in [0.05, 0.1) is 18.8 Å². The number of methoxy groups -OCH3 is 1. The van der Waals surface area contributed by atoms with Crippen LogP contribution in [0, 0.1) is 0 Å². The predicted molar refractivity (Wildman–Crippen MR) is 48.6 cm³/mol. The average Bonchev–Trinajstić information content (AvgIpc) is 2.25. The van der Waals surface area contributed by atoms with Crippen LogP contribution in [-0.2, 0) is 9.47 Å². The van der Waals surface area contributed by atoms with Gasteiger partial charge in [-0.3, -0.25) is 0 Å². The zero-order valence-corrected chi connectivity index (χ0v) is 7.96. The van der Waals surface area contributed by atoms with Gasteiger partial charge in [-0.25, -0.2) is 0 Å². The van der Waals surface area contributed by atoms with Crippen molar-refractivity contribution in [1.82, 2.24) is 0 Å². The summed E-state index contributed by atoms with van der Waals surface area (Å²) in [5.41, 5.74) is 16.5. The first-order valence-corrected chi connectivity index (χ1v) is 4.15. The third-order valence-corrected chi connectivity index (χ3v) is 2.07. The lowest BCUT2D eigenvalue weighted by atomic mass is 10.0. The Morgan fingerprint density at radius 1 is 1.40 bits per heavy atom. The highest BCUT2D eigenvalue weighted by molar-refractivity contribution is 4.92. The predicted octanol–water partition coefficient (Wildman–Crippen LogP) is 0.708. The molecule has 82 valence electrons. The molecule has 1 aliphatic heterocycles. The molecule has 0 spiro atoms. The molecule has 1 rings (SSSR count). The molecule has 9 nitrogen and oxygen atoms in total. The normalized spacial score (nSPS) is 35.1. The van der Waals surface area contributed by atoms with Gasteiger partial charge in [-0.15, -0.1) is 0 Å². The Morgan fingerprint density at radius 2 is 2.07 bits per heavy atom. The van der Waals surface area contributed by atoms with E-state index in [-0.39, 0.29) is 6.61 Å². The van der Waals surface area contributed by atoms with E-state index in [0.717, 1.165) is 0 Å². The molecule has 1 saturated heterocycles. The maximum absolute atomic E-state index is 9.70. The van der Waals surface area contributed by atoms with Crippen LogP contribution in [0.1, 0.15) is 0 Å². The third kappa shape index (κ3) is 2.50. The van der Waals surface area contributed by atoms with Gasteiger partial charge in [0, 0.05) is 16.9 Å². The molecule has 9 heteroatoms. The minimum absolute atomic E-state index is 0.0290. The Kier molecular flexibility index (Phi) is 4.17. The fraction of sp³-hybridized carbons (Fsp3) is 1.00. The van der Waals surface area contributed by atoms with Crippen LogP contribution in [0.3, 0.4) is 0 Å². The minimum Gasteiger partial charge on any atom is -0.392 e. The maximum atomic E-state index is 9.70. The first kappa shape index (κ1) is 11.6. The van der Waals surface area contributed by atoms with E-state index >= 15 is 0 Å². The van der Waals surface area contributed by atoms with Crippen molar-refractivity contribution >= 4 is 0 Å². The molecule has 0 unspecified atom stereocenters. The summed E-state index contributed by atoms with van der Waals surface area (Å²) in [6, 6.07) is -1.68. The molecule has 1 heterocycles. The van der Waals surface area contributed by atoms with Gasteiger partial charge in [0.15, 0.2) is 6.29 Å². The molecule has 0 aromatic heterocycles. The van der Waals surface area contributed by atoms with Crippen molar-refractivity contribution < 1.29 is 14.6 Å². The minimum atomic E-state index is -1.10. The molecule has 0 saturated carbocycles. The number of hydrogen-bond acceptors (Lipinski definition) is 5. The van der Waals surface area contributed by atoms with Gasteiger partial charge in [-0.1, -0.05) is 10.2 Å². The van der Waals surface area contributed by atoms with Gasteiger partial charge in [-0.05, 0) is 11.1 Å². The van der Waals surface area contributed by atoms with E-state index in [0.29, 0.717) is 0 Å². The average molecular weight is 214 g/mol. The van der Waals surface area contributed by atoms with E-state index < -0.39 is 24.5 Å². The van der Waals surface area contributed by atoms with E-state index in [1.807, 2.05) is 0 Å². The van der Waals surface area contributed by atoms with Crippen molar-refractivity contribution in [2.75, 3.05) is 13.7 Å². The SMILES string of the molecule is CO[C@@H]1OC[C@@H](N=[N+]=[N-])[C@@H](O)[C@H]1N=[N+]=[N-]. The van der Waals surface area contributed by atoms with Crippen LogP contribution in [0.5, 0.6) is 0 Å². The summed E-state index contributed by atoms with van der Waals surface area (Å²) in [6.07, 6.45) is -1.92. The summed E-state index contributed by atoms with van der Waals surface area (Å²) in [5.74, 6) is 0. The van der Waals surface area contributed by atoms with E-state index in [1.165, 1.54) is 7.11 Å². The molecule has 0 amide bonds. The van der Waals surface area contributed by atoms with Gasteiger partial charge in [0.25, 0.3) is 0 Å². The fourth-order valence-electron chi connectivity index (χ4n) is 1.34. The number of hydrogen-bond donors (Lipinski definition) is 1. The highest BCUT2D eigenvalue weighted by Crippen LogP contribution is 2.21. The zero-order chi connectivity index (χ0) is 11.3. The zero-order valence-electron chi connectivity index (χ0n) is 7.96. The molecule has 1 N–H and O–H groups in total. The van der Waals surface area contributed by atoms with Gasteiger partial charge in [0.2, 0.25) is 0 Å². The van der Waals surface area contributed by atoms with Crippen LogP contribution < -0.4 is 0 Å². The molecule has 1 aliphatic rings. The monoisotopic (exact) mass is 214 g/mol. The number of ether oxygens (including phenoxy) is 2. The van der Waals surface area contributed by atoms with E-state index in [4.69, 9.17) is 20.5 Å². The molecular formula is C6H10N6O3. The molecule has 0 radical (unpaired) electrons. The standard InChI is InChI=1S/C6H10N6O3/c1-14-6-4(10-12-8)5(13)3(2-15-6)9-11-7/h3-6,13H,2H2,1H3/t3-,4-,5-,6-/m1/s1. The highest BCUT2D eigenvalue weighted by Gasteiger charge is 2.38. The second-order valence-electron chi connectivity index (χ2n) is 2.90. The second kappa shape index (κ2) is 5.40. The van der Waals surface area contributed by atoms with Crippen molar-refractivity contribution in [3.8, 4) is 0 Å². The summed E-state index contributed by atoms with van der Waals surface area (Å²) in [6.45, 7) is 0.0290. The summed E-state index contributed by atoms with van der Waals surface area (Å²) in [5, 5.41) is 16.4. The first-order valence-electron chi connectivity index (χ1n) is 4.15. The van der Waals surface area contributed by atoms with E-state index in [1.54, 1.807) is 0 Å². The molecule has 1 fully saturated rings. The Balaban J connectivity index is 2.84. The van der Waals surface area contributed by atoms with Crippen molar-refractivity contribution in [2.45, 2.75) is 24.5 Å². The lowest BCUT2D eigenvalue weighted by molar-refractivity contribution is -0.188. The Morgan fingerprint density at radius 3 is 2.60 bits per heavy atom. The Bertz CT molecular complexity index is 310. The van der Waals surface area contributed by atoms with Crippen LogP contribution in [0.4, 0.5) is 0 Å². The van der Waals surface area contributed by atoms with E-state index in [9.17, 15) is 5.11 Å².